The van der Waals surface area contributed by atoms with Crippen LogP contribution in [0.5, 0.6) is 0 Å². The third-order valence-corrected chi connectivity index (χ3v) is 7.75. The number of nitrogens with zero attached hydrogens (tertiary/aromatic N) is 5. The first-order valence-electron chi connectivity index (χ1n) is 9.82. The Morgan fingerprint density at radius 3 is 2.39 bits per heavy atom. The van der Waals surface area contributed by atoms with Crippen molar-refractivity contribution >= 4 is 26.9 Å². The van der Waals surface area contributed by atoms with Crippen molar-refractivity contribution in [3.05, 3.63) is 35.4 Å². The molecule has 0 atom stereocenters. The van der Waals surface area contributed by atoms with Gasteiger partial charge in [0.05, 0.1) is 11.1 Å². The Morgan fingerprint density at radius 1 is 0.964 bits per heavy atom. The number of aryl methyl sites for hydroxylation is 1. The van der Waals surface area contributed by atoms with E-state index in [-0.39, 0.29) is 0 Å². The van der Waals surface area contributed by atoms with Crippen molar-refractivity contribution < 1.29 is 8.42 Å². The maximum Gasteiger partial charge on any atom is 0.282 e. The third-order valence-electron chi connectivity index (χ3n) is 5.72. The zero-order valence-corrected chi connectivity index (χ0v) is 17.0. The second-order valence-corrected chi connectivity index (χ2v) is 9.35. The number of para-hydroxylation sites is 1. The van der Waals surface area contributed by atoms with Crippen molar-refractivity contribution in [3.63, 3.8) is 0 Å². The summed E-state index contributed by atoms with van der Waals surface area (Å²) in [5, 5.41) is 10.7. The minimum atomic E-state index is -3.39. The summed E-state index contributed by atoms with van der Waals surface area (Å²) in [5.41, 5.74) is 2.36. The summed E-state index contributed by atoms with van der Waals surface area (Å²) in [7, 11) is -3.39. The van der Waals surface area contributed by atoms with Crippen LogP contribution in [-0.4, -0.2) is 61.3 Å². The zero-order valence-electron chi connectivity index (χ0n) is 16.1. The average molecular weight is 400 g/mol. The maximum atomic E-state index is 12.9. The lowest BCUT2D eigenvalue weighted by molar-refractivity contribution is 0.373. The van der Waals surface area contributed by atoms with E-state index in [4.69, 9.17) is 4.98 Å². The SMILES string of the molecule is Cc1c(C#N)c(N2CCCN(S(=O)(=O)N3CCCC3)CC2)nc2ccccc12. The molecule has 28 heavy (non-hydrogen) atoms. The van der Waals surface area contributed by atoms with Crippen LogP contribution in [0.25, 0.3) is 10.9 Å². The lowest BCUT2D eigenvalue weighted by Crippen LogP contribution is -2.44. The van der Waals surface area contributed by atoms with E-state index in [0.717, 1.165) is 29.3 Å². The molecule has 1 aromatic carbocycles. The summed E-state index contributed by atoms with van der Waals surface area (Å²) in [6.07, 6.45) is 2.58. The molecule has 0 saturated carbocycles. The van der Waals surface area contributed by atoms with Gasteiger partial charge in [-0.05, 0) is 37.8 Å². The molecule has 2 saturated heterocycles. The van der Waals surface area contributed by atoms with E-state index in [1.807, 2.05) is 31.2 Å². The van der Waals surface area contributed by atoms with Gasteiger partial charge in [-0.15, -0.1) is 0 Å². The number of rotatable bonds is 3. The first kappa shape index (κ1) is 19.1. The fraction of sp³-hybridized carbons (Fsp3) is 0.500. The first-order valence-corrected chi connectivity index (χ1v) is 11.2. The molecule has 3 heterocycles. The molecular formula is C20H25N5O2S. The van der Waals surface area contributed by atoms with Crippen LogP contribution in [0.4, 0.5) is 5.82 Å². The number of pyridine rings is 1. The average Bonchev–Trinajstić information content (AvgIpc) is 3.13. The maximum absolute atomic E-state index is 12.9. The van der Waals surface area contributed by atoms with E-state index in [1.54, 1.807) is 8.61 Å². The standard InChI is InChI=1S/C20H25N5O2S/c1-16-17-7-2-3-8-19(17)22-20(18(16)15-21)23-9-6-12-25(14-13-23)28(26,27)24-10-4-5-11-24/h2-3,7-8H,4-6,9-14H2,1H3. The van der Waals surface area contributed by atoms with E-state index in [2.05, 4.69) is 11.0 Å². The molecule has 0 aliphatic carbocycles. The molecule has 2 fully saturated rings. The van der Waals surface area contributed by atoms with Crippen molar-refractivity contribution in [2.75, 3.05) is 44.2 Å². The zero-order chi connectivity index (χ0) is 19.7. The van der Waals surface area contributed by atoms with Crippen LogP contribution in [0, 0.1) is 18.3 Å². The smallest absolute Gasteiger partial charge is 0.282 e. The van der Waals surface area contributed by atoms with Crippen molar-refractivity contribution in [2.24, 2.45) is 0 Å². The summed E-state index contributed by atoms with van der Waals surface area (Å²) >= 11 is 0. The van der Waals surface area contributed by atoms with Crippen LogP contribution in [0.2, 0.25) is 0 Å². The van der Waals surface area contributed by atoms with Crippen LogP contribution >= 0.6 is 0 Å². The Hall–Kier alpha value is -2.21. The van der Waals surface area contributed by atoms with Crippen LogP contribution < -0.4 is 4.90 Å². The highest BCUT2D eigenvalue weighted by molar-refractivity contribution is 7.86. The number of aromatic nitrogens is 1. The van der Waals surface area contributed by atoms with Gasteiger partial charge in [-0.25, -0.2) is 4.98 Å². The number of fused-ring (bicyclic) bond motifs is 1. The van der Waals surface area contributed by atoms with E-state index < -0.39 is 10.2 Å². The molecule has 0 radical (unpaired) electrons. The Morgan fingerprint density at radius 2 is 1.64 bits per heavy atom. The highest BCUT2D eigenvalue weighted by Crippen LogP contribution is 2.29. The molecule has 8 heteroatoms. The number of hydrogen-bond acceptors (Lipinski definition) is 5. The molecule has 0 bridgehead atoms. The van der Waals surface area contributed by atoms with Gasteiger partial charge in [0.2, 0.25) is 0 Å². The van der Waals surface area contributed by atoms with Crippen molar-refractivity contribution in [3.8, 4) is 6.07 Å². The van der Waals surface area contributed by atoms with Crippen LogP contribution in [0.3, 0.4) is 0 Å². The molecule has 0 N–H and O–H groups in total. The summed E-state index contributed by atoms with van der Waals surface area (Å²) in [6.45, 7) is 5.33. The highest BCUT2D eigenvalue weighted by atomic mass is 32.2. The molecule has 4 rings (SSSR count). The monoisotopic (exact) mass is 399 g/mol. The van der Waals surface area contributed by atoms with Gasteiger partial charge >= 0.3 is 0 Å². The lowest BCUT2D eigenvalue weighted by atomic mass is 10.0. The van der Waals surface area contributed by atoms with Crippen LogP contribution in [0.15, 0.2) is 24.3 Å². The minimum Gasteiger partial charge on any atom is -0.354 e. The van der Waals surface area contributed by atoms with Gasteiger partial charge in [-0.1, -0.05) is 18.2 Å². The molecule has 2 aromatic rings. The number of anilines is 1. The molecule has 7 nitrogen and oxygen atoms in total. The fourth-order valence-corrected chi connectivity index (χ4v) is 5.86. The second-order valence-electron chi connectivity index (χ2n) is 7.42. The summed E-state index contributed by atoms with van der Waals surface area (Å²) < 4.78 is 29.0. The fourth-order valence-electron chi connectivity index (χ4n) is 4.14. The van der Waals surface area contributed by atoms with Gasteiger partial charge < -0.3 is 4.90 Å². The predicted octanol–water partition coefficient (Wildman–Crippen LogP) is 2.27. The Bertz CT molecular complexity index is 1020. The second kappa shape index (κ2) is 7.66. The predicted molar refractivity (Wildman–Crippen MR) is 109 cm³/mol. The molecule has 0 spiro atoms. The van der Waals surface area contributed by atoms with Gasteiger partial charge in [0, 0.05) is 44.7 Å². The largest absolute Gasteiger partial charge is 0.354 e. The number of hydrogen-bond donors (Lipinski definition) is 0. The molecular weight excluding hydrogens is 374 g/mol. The van der Waals surface area contributed by atoms with E-state index in [9.17, 15) is 13.7 Å². The normalized spacial score (nSPS) is 19.6. The number of benzene rings is 1. The van der Waals surface area contributed by atoms with Crippen LogP contribution in [0.1, 0.15) is 30.4 Å². The lowest BCUT2D eigenvalue weighted by Gasteiger charge is -2.27. The van der Waals surface area contributed by atoms with E-state index in [1.165, 1.54) is 0 Å². The Kier molecular flexibility index (Phi) is 5.23. The quantitative estimate of drug-likeness (QED) is 0.791. The topological polar surface area (TPSA) is 80.5 Å². The van der Waals surface area contributed by atoms with Crippen LogP contribution in [-0.2, 0) is 10.2 Å². The first-order chi connectivity index (χ1) is 13.5. The molecule has 2 aliphatic heterocycles. The van der Waals surface area contributed by atoms with Crippen molar-refractivity contribution in [1.82, 2.24) is 13.6 Å². The van der Waals surface area contributed by atoms with E-state index >= 15 is 0 Å². The molecule has 0 unspecified atom stereocenters. The third kappa shape index (κ3) is 3.34. The van der Waals surface area contributed by atoms with Gasteiger partial charge in [-0.3, -0.25) is 0 Å². The van der Waals surface area contributed by atoms with E-state index in [0.29, 0.717) is 57.1 Å². The Balaban J connectivity index is 1.62. The number of nitriles is 1. The molecule has 148 valence electrons. The Labute approximate surface area is 166 Å². The van der Waals surface area contributed by atoms with Gasteiger partial charge in [0.25, 0.3) is 10.2 Å². The van der Waals surface area contributed by atoms with Gasteiger partial charge in [0.1, 0.15) is 11.9 Å². The minimum absolute atomic E-state index is 0.414. The molecule has 1 aromatic heterocycles. The van der Waals surface area contributed by atoms with Gasteiger partial charge in [-0.2, -0.15) is 22.3 Å². The molecule has 2 aliphatic rings. The summed E-state index contributed by atoms with van der Waals surface area (Å²) in [6, 6.07) is 10.1. The summed E-state index contributed by atoms with van der Waals surface area (Å²) in [4.78, 5) is 6.83. The summed E-state index contributed by atoms with van der Waals surface area (Å²) in [5.74, 6) is 0.666. The van der Waals surface area contributed by atoms with Crippen molar-refractivity contribution in [1.29, 1.82) is 5.26 Å². The highest BCUT2D eigenvalue weighted by Gasteiger charge is 2.33. The van der Waals surface area contributed by atoms with Crippen molar-refractivity contribution in [2.45, 2.75) is 26.2 Å². The molecule has 0 amide bonds. The van der Waals surface area contributed by atoms with Gasteiger partial charge in [0.15, 0.2) is 0 Å².